The molecule has 0 fully saturated rings. The van der Waals surface area contributed by atoms with E-state index in [0.717, 1.165) is 39.5 Å². The molecule has 3 heteroatoms. The van der Waals surface area contributed by atoms with Crippen molar-refractivity contribution in [3.63, 3.8) is 0 Å². The van der Waals surface area contributed by atoms with Crippen LogP contribution >= 0.6 is 7.14 Å². The van der Waals surface area contributed by atoms with Gasteiger partial charge in [-0.25, -0.2) is 0 Å². The van der Waals surface area contributed by atoms with Crippen LogP contribution in [0, 0.1) is 0 Å². The lowest BCUT2D eigenvalue weighted by atomic mass is 9.75. The van der Waals surface area contributed by atoms with Gasteiger partial charge in [-0.1, -0.05) is 152 Å². The van der Waals surface area contributed by atoms with Gasteiger partial charge in [-0.05, 0) is 74.4 Å². The first kappa shape index (κ1) is 28.6. The molecule has 1 aliphatic heterocycles. The van der Waals surface area contributed by atoms with Crippen LogP contribution in [0.2, 0.25) is 0 Å². The molecule has 4 atom stereocenters. The maximum absolute atomic E-state index is 15.0. The first-order valence-corrected chi connectivity index (χ1v) is 18.9. The van der Waals surface area contributed by atoms with Gasteiger partial charge in [0.15, 0.2) is 0 Å². The molecule has 0 amide bonds. The molecule has 4 aliphatic rings. The van der Waals surface area contributed by atoms with Crippen molar-refractivity contribution in [2.24, 2.45) is 0 Å². The van der Waals surface area contributed by atoms with Crippen LogP contribution in [-0.4, -0.2) is 11.8 Å². The summed E-state index contributed by atoms with van der Waals surface area (Å²) < 4.78 is 21.8. The second kappa shape index (κ2) is 11.1. The van der Waals surface area contributed by atoms with Crippen LogP contribution in [0.25, 0.3) is 38.6 Å². The summed E-state index contributed by atoms with van der Waals surface area (Å²) in [5.74, 6) is 1.08. The van der Waals surface area contributed by atoms with Gasteiger partial charge < -0.3 is 9.30 Å². The minimum absolute atomic E-state index is 0.0532. The molecule has 0 saturated carbocycles. The molecule has 6 aromatic rings. The molecule has 0 bridgehead atoms. The van der Waals surface area contributed by atoms with Gasteiger partial charge in [0.05, 0.1) is 5.92 Å². The summed E-state index contributed by atoms with van der Waals surface area (Å²) in [6, 6.07) is 49.2. The first-order chi connectivity index (χ1) is 24.2. The maximum atomic E-state index is 15.0. The molecule has 0 radical (unpaired) electrons. The molecule has 0 saturated heterocycles. The summed E-state index contributed by atoms with van der Waals surface area (Å²) in [6.07, 6.45) is 11.4. The Balaban J connectivity index is 1.07. The van der Waals surface area contributed by atoms with Gasteiger partial charge in [0, 0.05) is 27.4 Å². The predicted molar refractivity (Wildman–Crippen MR) is 204 cm³/mol. The van der Waals surface area contributed by atoms with Crippen molar-refractivity contribution in [3.05, 3.63) is 192 Å². The highest BCUT2D eigenvalue weighted by Crippen LogP contribution is 2.59. The van der Waals surface area contributed by atoms with Crippen molar-refractivity contribution in [3.8, 4) is 16.9 Å². The fraction of sp³-hybridized carbons (Fsp3) is 0.0870. The third-order valence-corrected chi connectivity index (χ3v) is 14.3. The Labute approximate surface area is 286 Å². The van der Waals surface area contributed by atoms with Gasteiger partial charge >= 0.3 is 0 Å². The number of para-hydroxylation sites is 1. The fourth-order valence-corrected chi connectivity index (χ4v) is 11.6. The molecule has 10 rings (SSSR count). The van der Waals surface area contributed by atoms with Crippen molar-refractivity contribution in [1.29, 1.82) is 0 Å². The van der Waals surface area contributed by atoms with Gasteiger partial charge in [0.2, 0.25) is 0 Å². The second-order valence-electron chi connectivity index (χ2n) is 13.4. The van der Waals surface area contributed by atoms with Gasteiger partial charge in [-0.15, -0.1) is 0 Å². The SMILES string of the molecule is O=P(c1ccccc1)(c1ccc(-c2cccc(C3=CC4=C(c5cccc6cccc4c56)C4c5ccccc5OC34)c2)cc1)C1C=CC=CC1. The Morgan fingerprint density at radius 2 is 1.37 bits per heavy atom. The van der Waals surface area contributed by atoms with E-state index in [1.165, 1.54) is 44.2 Å². The predicted octanol–water partition coefficient (Wildman–Crippen LogP) is 10.6. The number of benzene rings is 6. The Kier molecular flexibility index (Phi) is 6.45. The van der Waals surface area contributed by atoms with Crippen LogP contribution in [0.4, 0.5) is 0 Å². The van der Waals surface area contributed by atoms with E-state index < -0.39 is 7.14 Å². The lowest BCUT2D eigenvalue weighted by molar-refractivity contribution is 0.281. The maximum Gasteiger partial charge on any atom is 0.150 e. The monoisotopic (exact) mass is 648 g/mol. The lowest BCUT2D eigenvalue weighted by Gasteiger charge is -2.29. The molecule has 0 spiro atoms. The molecule has 4 unspecified atom stereocenters. The number of fused-ring (bicyclic) bond motifs is 6. The van der Waals surface area contributed by atoms with E-state index in [1.807, 2.05) is 42.5 Å². The lowest BCUT2D eigenvalue weighted by Crippen LogP contribution is -2.25. The third-order valence-electron chi connectivity index (χ3n) is 10.8. The second-order valence-corrected chi connectivity index (χ2v) is 16.4. The summed E-state index contributed by atoms with van der Waals surface area (Å²) in [6.45, 7) is 0. The van der Waals surface area contributed by atoms with Crippen LogP contribution in [0.1, 0.15) is 34.6 Å². The van der Waals surface area contributed by atoms with Crippen molar-refractivity contribution in [1.82, 2.24) is 0 Å². The number of allylic oxidation sites excluding steroid dienone is 6. The molecule has 234 valence electrons. The molecular formula is C46H33O2P. The van der Waals surface area contributed by atoms with Crippen LogP contribution in [0.5, 0.6) is 5.75 Å². The van der Waals surface area contributed by atoms with Crippen molar-refractivity contribution in [2.75, 3.05) is 0 Å². The molecular weight excluding hydrogens is 615 g/mol. The molecule has 49 heavy (non-hydrogen) atoms. The zero-order valence-electron chi connectivity index (χ0n) is 26.9. The van der Waals surface area contributed by atoms with Crippen LogP contribution in [-0.2, 0) is 4.57 Å². The smallest absolute Gasteiger partial charge is 0.150 e. The number of hydrogen-bond donors (Lipinski definition) is 0. The van der Waals surface area contributed by atoms with E-state index in [-0.39, 0.29) is 17.7 Å². The topological polar surface area (TPSA) is 26.3 Å². The van der Waals surface area contributed by atoms with E-state index in [2.05, 4.69) is 127 Å². The van der Waals surface area contributed by atoms with E-state index in [9.17, 15) is 0 Å². The highest BCUT2D eigenvalue weighted by atomic mass is 31.2. The zero-order valence-corrected chi connectivity index (χ0v) is 27.8. The van der Waals surface area contributed by atoms with Gasteiger partial charge in [-0.3, -0.25) is 0 Å². The minimum Gasteiger partial charge on any atom is -0.484 e. The Hall–Kier alpha value is -5.43. The number of ether oxygens (including phenoxy) is 1. The Morgan fingerprint density at radius 3 is 2.18 bits per heavy atom. The fourth-order valence-electron chi connectivity index (χ4n) is 8.59. The summed E-state index contributed by atoms with van der Waals surface area (Å²) in [7, 11) is -2.91. The van der Waals surface area contributed by atoms with Crippen LogP contribution in [0.15, 0.2) is 170 Å². The average molecular weight is 649 g/mol. The molecule has 0 N–H and O–H groups in total. The van der Waals surface area contributed by atoms with Crippen molar-refractivity contribution < 1.29 is 9.30 Å². The molecule has 0 aromatic heterocycles. The van der Waals surface area contributed by atoms with Gasteiger partial charge in [0.25, 0.3) is 0 Å². The zero-order chi connectivity index (χ0) is 32.5. The summed E-state index contributed by atoms with van der Waals surface area (Å²) in [5, 5.41) is 4.43. The van der Waals surface area contributed by atoms with Crippen molar-refractivity contribution in [2.45, 2.75) is 24.1 Å². The van der Waals surface area contributed by atoms with E-state index in [1.54, 1.807) is 0 Å². The van der Waals surface area contributed by atoms with Crippen molar-refractivity contribution >= 4 is 45.2 Å². The molecule has 2 nitrogen and oxygen atoms in total. The molecule has 6 aromatic carbocycles. The largest absolute Gasteiger partial charge is 0.484 e. The van der Waals surface area contributed by atoms with Gasteiger partial charge in [0.1, 0.15) is 19.0 Å². The van der Waals surface area contributed by atoms with Crippen LogP contribution in [0.3, 0.4) is 0 Å². The highest BCUT2D eigenvalue weighted by molar-refractivity contribution is 7.79. The van der Waals surface area contributed by atoms with E-state index >= 15 is 4.57 Å². The quantitative estimate of drug-likeness (QED) is 0.174. The summed E-state index contributed by atoms with van der Waals surface area (Å²) in [5.41, 5.74) is 11.1. The number of hydrogen-bond acceptors (Lipinski definition) is 2. The summed E-state index contributed by atoms with van der Waals surface area (Å²) >= 11 is 0. The first-order valence-electron chi connectivity index (χ1n) is 17.1. The highest BCUT2D eigenvalue weighted by Gasteiger charge is 2.45. The number of rotatable bonds is 5. The van der Waals surface area contributed by atoms with Crippen LogP contribution < -0.4 is 15.3 Å². The standard InChI is InChI=1S/C46H33O2P/c47-49(34-16-3-1-4-17-34,35-18-5-2-6-19-35)36-26-24-30(25-27-36)32-14-9-15-33(28-32)40-29-41-37-21-10-12-31-13-11-22-39(43(31)37)44(41)45-38-20-7-8-23-42(38)48-46(40)45/h1-18,20-29,35,45-46H,19H2. The van der Waals surface area contributed by atoms with E-state index in [4.69, 9.17) is 4.74 Å². The minimum atomic E-state index is -2.91. The summed E-state index contributed by atoms with van der Waals surface area (Å²) in [4.78, 5) is 0. The third kappa shape index (κ3) is 4.31. The Bertz CT molecular complexity index is 2480. The van der Waals surface area contributed by atoms with E-state index in [0.29, 0.717) is 0 Å². The Morgan fingerprint density at radius 1 is 0.633 bits per heavy atom. The molecule has 3 aliphatic carbocycles. The molecule has 1 heterocycles. The normalized spacial score (nSPS) is 21.1. The van der Waals surface area contributed by atoms with Gasteiger partial charge in [-0.2, -0.15) is 0 Å². The average Bonchev–Trinajstić information content (AvgIpc) is 3.72.